The Morgan fingerprint density at radius 3 is 2.87 bits per heavy atom. The summed E-state index contributed by atoms with van der Waals surface area (Å²) in [7, 11) is 1.79. The van der Waals surface area contributed by atoms with Crippen molar-refractivity contribution in [2.75, 3.05) is 33.4 Å². The predicted molar refractivity (Wildman–Crippen MR) is 64.2 cm³/mol. The van der Waals surface area contributed by atoms with E-state index in [2.05, 4.69) is 24.1 Å². The highest BCUT2D eigenvalue weighted by molar-refractivity contribution is 4.81. The zero-order chi connectivity index (χ0) is 11.1. The van der Waals surface area contributed by atoms with Crippen LogP contribution in [0.2, 0.25) is 0 Å². The highest BCUT2D eigenvalue weighted by Crippen LogP contribution is 2.15. The summed E-state index contributed by atoms with van der Waals surface area (Å²) in [5.41, 5.74) is 0. The molecule has 2 unspecified atom stereocenters. The summed E-state index contributed by atoms with van der Waals surface area (Å²) in [6.45, 7) is 8.84. The maximum Gasteiger partial charge on any atom is 0.0589 e. The van der Waals surface area contributed by atoms with Crippen LogP contribution in [0.4, 0.5) is 0 Å². The quantitative estimate of drug-likeness (QED) is 0.725. The van der Waals surface area contributed by atoms with E-state index in [9.17, 15) is 0 Å². The average Bonchev–Trinajstić information content (AvgIpc) is 2.30. The Hall–Kier alpha value is -0.120. The first-order chi connectivity index (χ1) is 7.29. The second-order valence-corrected chi connectivity index (χ2v) is 4.49. The van der Waals surface area contributed by atoms with Crippen molar-refractivity contribution in [3.8, 4) is 0 Å². The van der Waals surface area contributed by atoms with E-state index in [1.807, 2.05) is 0 Å². The van der Waals surface area contributed by atoms with Gasteiger partial charge in [0, 0.05) is 32.3 Å². The van der Waals surface area contributed by atoms with E-state index in [4.69, 9.17) is 4.74 Å². The molecule has 0 saturated carbocycles. The highest BCUT2D eigenvalue weighted by atomic mass is 16.5. The molecule has 15 heavy (non-hydrogen) atoms. The van der Waals surface area contributed by atoms with Gasteiger partial charge in [0.25, 0.3) is 0 Å². The average molecular weight is 214 g/mol. The maximum absolute atomic E-state index is 5.20. The van der Waals surface area contributed by atoms with Gasteiger partial charge in [-0.1, -0.05) is 6.92 Å². The van der Waals surface area contributed by atoms with E-state index >= 15 is 0 Å². The molecule has 3 heteroatoms. The molecule has 2 atom stereocenters. The Labute approximate surface area is 94.2 Å². The van der Waals surface area contributed by atoms with Gasteiger partial charge >= 0.3 is 0 Å². The highest BCUT2D eigenvalue weighted by Gasteiger charge is 2.23. The number of nitrogens with one attached hydrogen (secondary N) is 1. The second kappa shape index (κ2) is 7.20. The van der Waals surface area contributed by atoms with Crippen molar-refractivity contribution in [3.63, 3.8) is 0 Å². The molecule has 1 aliphatic rings. The number of nitrogens with zero attached hydrogens (tertiary/aromatic N) is 1. The fraction of sp³-hybridized carbons (Fsp3) is 1.00. The molecule has 3 nitrogen and oxygen atoms in total. The Balaban J connectivity index is 2.45. The molecule has 1 N–H and O–H groups in total. The Kier molecular flexibility index (Phi) is 6.22. The third-order valence-corrected chi connectivity index (χ3v) is 3.45. The van der Waals surface area contributed by atoms with Gasteiger partial charge in [-0.25, -0.2) is 0 Å². The summed E-state index contributed by atoms with van der Waals surface area (Å²) in [5, 5.41) is 3.49. The first kappa shape index (κ1) is 12.9. The Bertz CT molecular complexity index is 158. The molecule has 1 fully saturated rings. The number of piperidine rings is 1. The molecule has 0 aromatic heterocycles. The van der Waals surface area contributed by atoms with E-state index in [0.29, 0.717) is 12.1 Å². The molecule has 0 aromatic rings. The summed E-state index contributed by atoms with van der Waals surface area (Å²) in [6, 6.07) is 1.38. The Morgan fingerprint density at radius 1 is 1.53 bits per heavy atom. The van der Waals surface area contributed by atoms with Crippen molar-refractivity contribution >= 4 is 0 Å². The number of hydrogen-bond donors (Lipinski definition) is 1. The van der Waals surface area contributed by atoms with Crippen molar-refractivity contribution in [1.82, 2.24) is 10.2 Å². The largest absolute Gasteiger partial charge is 0.383 e. The minimum Gasteiger partial charge on any atom is -0.383 e. The number of hydrogen-bond acceptors (Lipinski definition) is 3. The molecule has 90 valence electrons. The van der Waals surface area contributed by atoms with Crippen molar-refractivity contribution in [2.24, 2.45) is 0 Å². The molecule has 0 amide bonds. The zero-order valence-electron chi connectivity index (χ0n) is 10.5. The molecule has 0 radical (unpaired) electrons. The van der Waals surface area contributed by atoms with Crippen LogP contribution < -0.4 is 5.32 Å². The van der Waals surface area contributed by atoms with Crippen molar-refractivity contribution in [3.05, 3.63) is 0 Å². The van der Waals surface area contributed by atoms with Crippen molar-refractivity contribution in [2.45, 2.75) is 45.2 Å². The van der Waals surface area contributed by atoms with Gasteiger partial charge in [-0.2, -0.15) is 0 Å². The minimum atomic E-state index is 0.671. The third kappa shape index (κ3) is 4.09. The summed E-state index contributed by atoms with van der Waals surface area (Å²) in [6.07, 6.45) is 3.87. The van der Waals surface area contributed by atoms with Gasteiger partial charge < -0.3 is 10.1 Å². The predicted octanol–water partition coefficient (Wildman–Crippen LogP) is 1.49. The van der Waals surface area contributed by atoms with Gasteiger partial charge in [0.2, 0.25) is 0 Å². The Morgan fingerprint density at radius 2 is 2.33 bits per heavy atom. The number of ether oxygens (including phenoxy) is 1. The van der Waals surface area contributed by atoms with Crippen LogP contribution in [0.15, 0.2) is 0 Å². The molecule has 0 spiro atoms. The third-order valence-electron chi connectivity index (χ3n) is 3.45. The molecule has 0 bridgehead atoms. The van der Waals surface area contributed by atoms with Gasteiger partial charge in [-0.05, 0) is 32.7 Å². The zero-order valence-corrected chi connectivity index (χ0v) is 10.5. The molecule has 1 heterocycles. The lowest BCUT2D eigenvalue weighted by molar-refractivity contribution is 0.0765. The number of methoxy groups -OCH3 is 1. The van der Waals surface area contributed by atoms with Gasteiger partial charge in [0.05, 0.1) is 6.61 Å². The summed E-state index contributed by atoms with van der Waals surface area (Å²) in [4.78, 5) is 2.61. The van der Waals surface area contributed by atoms with E-state index < -0.39 is 0 Å². The van der Waals surface area contributed by atoms with E-state index in [-0.39, 0.29) is 0 Å². The maximum atomic E-state index is 5.20. The standard InChI is InChI=1S/C12H26N2O/c1-4-11(2)14(8-9-15-3)12-6-5-7-13-10-12/h11-13H,4-10H2,1-3H3. The summed E-state index contributed by atoms with van der Waals surface area (Å²) >= 11 is 0. The molecular weight excluding hydrogens is 188 g/mol. The SMILES string of the molecule is CCC(C)N(CCOC)C1CCCNC1. The molecule has 0 aliphatic carbocycles. The van der Waals surface area contributed by atoms with E-state index in [0.717, 1.165) is 19.7 Å². The lowest BCUT2D eigenvalue weighted by Crippen LogP contribution is -2.50. The lowest BCUT2D eigenvalue weighted by atomic mass is 10.0. The van der Waals surface area contributed by atoms with Crippen LogP contribution in [0, 0.1) is 0 Å². The smallest absolute Gasteiger partial charge is 0.0589 e. The van der Waals surface area contributed by atoms with Crippen LogP contribution in [0.3, 0.4) is 0 Å². The molecular formula is C12H26N2O. The van der Waals surface area contributed by atoms with Crippen molar-refractivity contribution in [1.29, 1.82) is 0 Å². The molecule has 1 aliphatic heterocycles. The van der Waals surface area contributed by atoms with Crippen LogP contribution in [0.1, 0.15) is 33.1 Å². The second-order valence-electron chi connectivity index (χ2n) is 4.49. The summed E-state index contributed by atoms with van der Waals surface area (Å²) < 4.78 is 5.20. The van der Waals surface area contributed by atoms with Crippen LogP contribution >= 0.6 is 0 Å². The van der Waals surface area contributed by atoms with Crippen molar-refractivity contribution < 1.29 is 4.74 Å². The molecule has 1 rings (SSSR count). The fourth-order valence-electron chi connectivity index (χ4n) is 2.31. The van der Waals surface area contributed by atoms with Gasteiger partial charge in [-0.3, -0.25) is 4.90 Å². The fourth-order valence-corrected chi connectivity index (χ4v) is 2.31. The van der Waals surface area contributed by atoms with Crippen LogP contribution in [-0.2, 0) is 4.74 Å². The topological polar surface area (TPSA) is 24.5 Å². The van der Waals surface area contributed by atoms with Gasteiger partial charge in [0.15, 0.2) is 0 Å². The lowest BCUT2D eigenvalue weighted by Gasteiger charge is -2.38. The van der Waals surface area contributed by atoms with E-state index in [1.165, 1.54) is 25.8 Å². The molecule has 1 saturated heterocycles. The van der Waals surface area contributed by atoms with Gasteiger partial charge in [0.1, 0.15) is 0 Å². The summed E-state index contributed by atoms with van der Waals surface area (Å²) in [5.74, 6) is 0. The van der Waals surface area contributed by atoms with Crippen LogP contribution in [-0.4, -0.2) is 50.3 Å². The minimum absolute atomic E-state index is 0.671. The first-order valence-corrected chi connectivity index (χ1v) is 6.25. The normalized spacial score (nSPS) is 24.4. The van der Waals surface area contributed by atoms with Crippen LogP contribution in [0.5, 0.6) is 0 Å². The first-order valence-electron chi connectivity index (χ1n) is 6.25. The monoisotopic (exact) mass is 214 g/mol. The van der Waals surface area contributed by atoms with Gasteiger partial charge in [-0.15, -0.1) is 0 Å². The van der Waals surface area contributed by atoms with Crippen LogP contribution in [0.25, 0.3) is 0 Å². The number of rotatable bonds is 6. The van der Waals surface area contributed by atoms with E-state index in [1.54, 1.807) is 7.11 Å². The molecule has 0 aromatic carbocycles.